The Morgan fingerprint density at radius 2 is 2.06 bits per heavy atom. The van der Waals surface area contributed by atoms with Gasteiger partial charge in [-0.3, -0.25) is 0 Å². The Balaban J connectivity index is 1.80. The molecule has 4 heteroatoms. The number of hydrogen-bond acceptors (Lipinski definition) is 4. The van der Waals surface area contributed by atoms with Crippen molar-refractivity contribution in [1.82, 2.24) is 9.97 Å². The lowest BCUT2D eigenvalue weighted by Gasteiger charge is -2.13. The summed E-state index contributed by atoms with van der Waals surface area (Å²) in [5.41, 5.74) is 2.81. The fourth-order valence-corrected chi connectivity index (χ4v) is 2.27. The number of fused-ring (bicyclic) bond motifs is 1. The zero-order valence-electron chi connectivity index (χ0n) is 10.5. The molecular formula is C14H17N3O. The number of para-hydroxylation sites is 2. The Bertz CT molecular complexity index is 550. The number of rotatable bonds is 3. The average Bonchev–Trinajstić information content (AvgIpc) is 2.89. The first-order valence-electron chi connectivity index (χ1n) is 6.42. The van der Waals surface area contributed by atoms with Crippen molar-refractivity contribution in [2.45, 2.75) is 25.9 Å². The van der Waals surface area contributed by atoms with Crippen LogP contribution in [0.5, 0.6) is 0 Å². The molecule has 1 saturated heterocycles. The van der Waals surface area contributed by atoms with Crippen LogP contribution in [0.2, 0.25) is 0 Å². The smallest absolute Gasteiger partial charge is 0.148 e. The molecule has 0 amide bonds. The Morgan fingerprint density at radius 1 is 1.28 bits per heavy atom. The van der Waals surface area contributed by atoms with E-state index in [0.717, 1.165) is 48.5 Å². The molecule has 1 aromatic heterocycles. The van der Waals surface area contributed by atoms with Gasteiger partial charge in [0.25, 0.3) is 0 Å². The van der Waals surface area contributed by atoms with Crippen molar-refractivity contribution in [1.29, 1.82) is 0 Å². The number of ether oxygens (including phenoxy) is 1. The van der Waals surface area contributed by atoms with Crippen molar-refractivity contribution >= 4 is 16.9 Å². The summed E-state index contributed by atoms with van der Waals surface area (Å²) >= 11 is 0. The van der Waals surface area contributed by atoms with Crippen LogP contribution in [0.4, 0.5) is 5.82 Å². The number of aryl methyl sites for hydroxylation is 1. The molecular weight excluding hydrogens is 226 g/mol. The first-order chi connectivity index (χ1) is 8.83. The van der Waals surface area contributed by atoms with Gasteiger partial charge in [-0.2, -0.15) is 0 Å². The molecule has 0 radical (unpaired) electrons. The zero-order valence-corrected chi connectivity index (χ0v) is 10.5. The summed E-state index contributed by atoms with van der Waals surface area (Å²) in [5.74, 6) is 0.865. The maximum Gasteiger partial charge on any atom is 0.148 e. The van der Waals surface area contributed by atoms with Crippen LogP contribution in [0.1, 0.15) is 18.5 Å². The highest BCUT2D eigenvalue weighted by molar-refractivity contribution is 5.76. The molecule has 0 aliphatic carbocycles. The van der Waals surface area contributed by atoms with Crippen LogP contribution < -0.4 is 5.32 Å². The summed E-state index contributed by atoms with van der Waals surface area (Å²) in [6.07, 6.45) is 2.61. The Labute approximate surface area is 106 Å². The Morgan fingerprint density at radius 3 is 2.78 bits per heavy atom. The van der Waals surface area contributed by atoms with Crippen molar-refractivity contribution in [3.05, 3.63) is 30.0 Å². The van der Waals surface area contributed by atoms with Gasteiger partial charge in [-0.25, -0.2) is 9.97 Å². The summed E-state index contributed by atoms with van der Waals surface area (Å²) in [6.45, 7) is 3.68. The van der Waals surface area contributed by atoms with Crippen LogP contribution in [0.15, 0.2) is 24.3 Å². The molecule has 94 valence electrons. The fraction of sp³-hybridized carbons (Fsp3) is 0.429. The number of anilines is 1. The zero-order chi connectivity index (χ0) is 12.4. The predicted octanol–water partition coefficient (Wildman–Crippen LogP) is 2.53. The molecule has 1 atom stereocenters. The summed E-state index contributed by atoms with van der Waals surface area (Å²) < 4.78 is 5.59. The molecule has 1 N–H and O–H groups in total. The van der Waals surface area contributed by atoms with Crippen molar-refractivity contribution in [3.63, 3.8) is 0 Å². The first kappa shape index (κ1) is 11.4. The van der Waals surface area contributed by atoms with Crippen LogP contribution in [0.3, 0.4) is 0 Å². The summed E-state index contributed by atoms with van der Waals surface area (Å²) in [4.78, 5) is 9.16. The molecule has 1 fully saturated rings. The highest BCUT2D eigenvalue weighted by atomic mass is 16.5. The third-order valence-electron chi connectivity index (χ3n) is 3.27. The molecule has 2 heterocycles. The van der Waals surface area contributed by atoms with Crippen molar-refractivity contribution in [3.8, 4) is 0 Å². The summed E-state index contributed by atoms with van der Waals surface area (Å²) in [6, 6.07) is 7.93. The largest absolute Gasteiger partial charge is 0.376 e. The highest BCUT2D eigenvalue weighted by Gasteiger charge is 2.15. The molecule has 1 aromatic carbocycles. The standard InChI is InChI=1S/C14H17N3O/c1-10-14(15-9-11-5-4-8-18-11)17-13-7-3-2-6-12(13)16-10/h2-3,6-7,11H,4-5,8-9H2,1H3,(H,15,17). The lowest BCUT2D eigenvalue weighted by molar-refractivity contribution is 0.120. The van der Waals surface area contributed by atoms with E-state index in [9.17, 15) is 0 Å². The average molecular weight is 243 g/mol. The first-order valence-corrected chi connectivity index (χ1v) is 6.42. The van der Waals surface area contributed by atoms with Gasteiger partial charge in [0.2, 0.25) is 0 Å². The van der Waals surface area contributed by atoms with E-state index in [0.29, 0.717) is 6.10 Å². The quantitative estimate of drug-likeness (QED) is 0.900. The maximum absolute atomic E-state index is 5.59. The molecule has 0 bridgehead atoms. The highest BCUT2D eigenvalue weighted by Crippen LogP contribution is 2.17. The van der Waals surface area contributed by atoms with Gasteiger partial charge in [-0.1, -0.05) is 12.1 Å². The second-order valence-corrected chi connectivity index (χ2v) is 4.66. The lowest BCUT2D eigenvalue weighted by atomic mass is 10.2. The van der Waals surface area contributed by atoms with Crippen molar-refractivity contribution < 1.29 is 4.74 Å². The van der Waals surface area contributed by atoms with Crippen molar-refractivity contribution in [2.75, 3.05) is 18.5 Å². The van der Waals surface area contributed by atoms with Gasteiger partial charge in [0.1, 0.15) is 5.82 Å². The van der Waals surface area contributed by atoms with E-state index in [4.69, 9.17) is 4.74 Å². The van der Waals surface area contributed by atoms with E-state index in [1.165, 1.54) is 0 Å². The van der Waals surface area contributed by atoms with Gasteiger partial charge in [-0.15, -0.1) is 0 Å². The minimum atomic E-state index is 0.317. The summed E-state index contributed by atoms with van der Waals surface area (Å²) in [7, 11) is 0. The van der Waals surface area contributed by atoms with Gasteiger partial charge < -0.3 is 10.1 Å². The van der Waals surface area contributed by atoms with Crippen LogP contribution in [0, 0.1) is 6.92 Å². The molecule has 2 aromatic rings. The molecule has 1 aliphatic rings. The van der Waals surface area contributed by atoms with Crippen LogP contribution in [-0.2, 0) is 4.74 Å². The van der Waals surface area contributed by atoms with E-state index < -0.39 is 0 Å². The third kappa shape index (κ3) is 2.29. The number of nitrogens with zero attached hydrogens (tertiary/aromatic N) is 2. The molecule has 4 nitrogen and oxygen atoms in total. The SMILES string of the molecule is Cc1nc2ccccc2nc1NCC1CCCO1. The van der Waals surface area contributed by atoms with Gasteiger partial charge in [0.15, 0.2) is 0 Å². The van der Waals surface area contributed by atoms with Crippen LogP contribution in [-0.4, -0.2) is 29.2 Å². The fourth-order valence-electron chi connectivity index (χ4n) is 2.27. The molecule has 0 spiro atoms. The Hall–Kier alpha value is -1.68. The van der Waals surface area contributed by atoms with E-state index in [-0.39, 0.29) is 0 Å². The van der Waals surface area contributed by atoms with E-state index >= 15 is 0 Å². The molecule has 18 heavy (non-hydrogen) atoms. The second kappa shape index (κ2) is 4.90. The van der Waals surface area contributed by atoms with Gasteiger partial charge in [0.05, 0.1) is 22.8 Å². The number of aromatic nitrogens is 2. The predicted molar refractivity (Wildman–Crippen MR) is 71.7 cm³/mol. The topological polar surface area (TPSA) is 47.0 Å². The summed E-state index contributed by atoms with van der Waals surface area (Å²) in [5, 5.41) is 3.35. The van der Waals surface area contributed by atoms with Gasteiger partial charge in [0, 0.05) is 13.2 Å². The third-order valence-corrected chi connectivity index (χ3v) is 3.27. The molecule has 3 rings (SSSR count). The minimum absolute atomic E-state index is 0.317. The lowest BCUT2D eigenvalue weighted by Crippen LogP contribution is -2.19. The molecule has 0 saturated carbocycles. The van der Waals surface area contributed by atoms with Gasteiger partial charge >= 0.3 is 0 Å². The minimum Gasteiger partial charge on any atom is -0.376 e. The Kier molecular flexibility index (Phi) is 3.11. The number of nitrogens with one attached hydrogen (secondary N) is 1. The van der Waals surface area contributed by atoms with E-state index in [1.54, 1.807) is 0 Å². The maximum atomic E-state index is 5.59. The normalized spacial score (nSPS) is 19.3. The molecule has 1 unspecified atom stereocenters. The monoisotopic (exact) mass is 243 g/mol. The van der Waals surface area contributed by atoms with E-state index in [2.05, 4.69) is 15.3 Å². The van der Waals surface area contributed by atoms with E-state index in [1.807, 2.05) is 31.2 Å². The van der Waals surface area contributed by atoms with Gasteiger partial charge in [-0.05, 0) is 31.9 Å². The van der Waals surface area contributed by atoms with Crippen LogP contribution >= 0.6 is 0 Å². The number of benzene rings is 1. The second-order valence-electron chi connectivity index (χ2n) is 4.66. The van der Waals surface area contributed by atoms with Crippen LogP contribution in [0.25, 0.3) is 11.0 Å². The molecule has 1 aliphatic heterocycles. The van der Waals surface area contributed by atoms with Crippen molar-refractivity contribution in [2.24, 2.45) is 0 Å². The number of hydrogen-bond donors (Lipinski definition) is 1.